The standard InChI is InChI=1S/C16H15ClN2O4/c1-18(10-11-23-15-8-4-13(17)5-9-15)16(20)12-2-6-14(7-3-12)19(21)22/h2-9H,10-11H2,1H3. The fourth-order valence-corrected chi connectivity index (χ4v) is 2.00. The van der Waals surface area contributed by atoms with Crippen molar-refractivity contribution in [2.45, 2.75) is 0 Å². The number of benzene rings is 2. The highest BCUT2D eigenvalue weighted by atomic mass is 35.5. The van der Waals surface area contributed by atoms with Gasteiger partial charge in [0.1, 0.15) is 12.4 Å². The van der Waals surface area contributed by atoms with Gasteiger partial charge < -0.3 is 9.64 Å². The van der Waals surface area contributed by atoms with E-state index in [4.69, 9.17) is 16.3 Å². The first-order valence-corrected chi connectivity index (χ1v) is 7.23. The van der Waals surface area contributed by atoms with Crippen LogP contribution in [0.3, 0.4) is 0 Å². The van der Waals surface area contributed by atoms with Crippen molar-refractivity contribution in [3.63, 3.8) is 0 Å². The summed E-state index contributed by atoms with van der Waals surface area (Å²) in [5.74, 6) is 0.449. The van der Waals surface area contributed by atoms with E-state index in [-0.39, 0.29) is 11.6 Å². The number of rotatable bonds is 6. The lowest BCUT2D eigenvalue weighted by Crippen LogP contribution is -2.30. The van der Waals surface area contributed by atoms with Crippen LogP contribution in [-0.2, 0) is 0 Å². The van der Waals surface area contributed by atoms with Gasteiger partial charge in [0.25, 0.3) is 11.6 Å². The summed E-state index contributed by atoms with van der Waals surface area (Å²) < 4.78 is 5.53. The van der Waals surface area contributed by atoms with Gasteiger partial charge in [0.2, 0.25) is 0 Å². The number of hydrogen-bond acceptors (Lipinski definition) is 4. The van der Waals surface area contributed by atoms with E-state index < -0.39 is 4.92 Å². The van der Waals surface area contributed by atoms with Crippen molar-refractivity contribution in [1.29, 1.82) is 0 Å². The Bertz CT molecular complexity index is 686. The van der Waals surface area contributed by atoms with E-state index in [1.54, 1.807) is 31.3 Å². The van der Waals surface area contributed by atoms with Gasteiger partial charge in [0, 0.05) is 29.8 Å². The van der Waals surface area contributed by atoms with Gasteiger partial charge in [-0.3, -0.25) is 14.9 Å². The molecule has 0 fully saturated rings. The summed E-state index contributed by atoms with van der Waals surface area (Å²) in [6, 6.07) is 12.5. The van der Waals surface area contributed by atoms with Crippen LogP contribution in [0.2, 0.25) is 5.02 Å². The normalized spacial score (nSPS) is 10.2. The molecule has 0 heterocycles. The third kappa shape index (κ3) is 4.69. The summed E-state index contributed by atoms with van der Waals surface area (Å²) in [4.78, 5) is 23.8. The van der Waals surface area contributed by atoms with Gasteiger partial charge in [0.05, 0.1) is 11.5 Å². The molecule has 0 saturated carbocycles. The minimum atomic E-state index is -0.502. The number of ether oxygens (including phenoxy) is 1. The number of nitro benzene ring substituents is 1. The topological polar surface area (TPSA) is 72.7 Å². The summed E-state index contributed by atoms with van der Waals surface area (Å²) in [6.07, 6.45) is 0. The van der Waals surface area contributed by atoms with Gasteiger partial charge >= 0.3 is 0 Å². The van der Waals surface area contributed by atoms with Crippen molar-refractivity contribution < 1.29 is 14.5 Å². The average Bonchev–Trinajstić information content (AvgIpc) is 2.56. The first kappa shape index (κ1) is 16.8. The predicted octanol–water partition coefficient (Wildman–Crippen LogP) is 3.40. The van der Waals surface area contributed by atoms with Crippen molar-refractivity contribution in [2.24, 2.45) is 0 Å². The minimum Gasteiger partial charge on any atom is -0.492 e. The first-order valence-electron chi connectivity index (χ1n) is 6.85. The van der Waals surface area contributed by atoms with E-state index in [0.29, 0.717) is 29.5 Å². The van der Waals surface area contributed by atoms with E-state index in [0.717, 1.165) is 0 Å². The molecule has 6 nitrogen and oxygen atoms in total. The van der Waals surface area contributed by atoms with Gasteiger partial charge in [-0.2, -0.15) is 0 Å². The Kier molecular flexibility index (Phi) is 5.54. The third-order valence-corrected chi connectivity index (χ3v) is 3.43. The first-order chi connectivity index (χ1) is 11.0. The Morgan fingerprint density at radius 1 is 1.17 bits per heavy atom. The lowest BCUT2D eigenvalue weighted by Gasteiger charge is -2.17. The number of nitrogens with zero attached hydrogens (tertiary/aromatic N) is 2. The van der Waals surface area contributed by atoms with Crippen LogP contribution < -0.4 is 4.74 Å². The zero-order valence-corrected chi connectivity index (χ0v) is 13.2. The second kappa shape index (κ2) is 7.60. The number of carbonyl (C=O) groups excluding carboxylic acids is 1. The molecule has 0 radical (unpaired) electrons. The number of carbonyl (C=O) groups is 1. The van der Waals surface area contributed by atoms with Crippen LogP contribution in [0.15, 0.2) is 48.5 Å². The molecule has 0 atom stereocenters. The number of halogens is 1. The van der Waals surface area contributed by atoms with E-state index in [1.807, 2.05) is 0 Å². The van der Waals surface area contributed by atoms with Crippen LogP contribution in [0, 0.1) is 10.1 Å². The summed E-state index contributed by atoms with van der Waals surface area (Å²) in [5, 5.41) is 11.2. The highest BCUT2D eigenvalue weighted by Gasteiger charge is 2.13. The fourth-order valence-electron chi connectivity index (χ4n) is 1.88. The molecule has 120 valence electrons. The van der Waals surface area contributed by atoms with Crippen molar-refractivity contribution >= 4 is 23.2 Å². The Labute approximate surface area is 138 Å². The molecule has 0 aromatic heterocycles. The zero-order valence-electron chi connectivity index (χ0n) is 12.4. The Morgan fingerprint density at radius 3 is 2.35 bits per heavy atom. The minimum absolute atomic E-state index is 0.0460. The van der Waals surface area contributed by atoms with Gasteiger partial charge in [-0.25, -0.2) is 0 Å². The number of likely N-dealkylation sites (N-methyl/N-ethyl adjacent to an activating group) is 1. The van der Waals surface area contributed by atoms with Gasteiger partial charge in [-0.15, -0.1) is 0 Å². The quantitative estimate of drug-likeness (QED) is 0.599. The highest BCUT2D eigenvalue weighted by Crippen LogP contribution is 2.16. The maximum Gasteiger partial charge on any atom is 0.269 e. The second-order valence-electron chi connectivity index (χ2n) is 4.83. The predicted molar refractivity (Wildman–Crippen MR) is 87.0 cm³/mol. The molecule has 2 aromatic carbocycles. The van der Waals surface area contributed by atoms with Crippen LogP contribution >= 0.6 is 11.6 Å². The number of amides is 1. The van der Waals surface area contributed by atoms with Crippen LogP contribution in [0.4, 0.5) is 5.69 Å². The van der Waals surface area contributed by atoms with E-state index in [1.165, 1.54) is 29.2 Å². The summed E-state index contributed by atoms with van der Waals surface area (Å²) in [7, 11) is 1.65. The van der Waals surface area contributed by atoms with E-state index in [2.05, 4.69) is 0 Å². The van der Waals surface area contributed by atoms with Crippen LogP contribution in [0.5, 0.6) is 5.75 Å². The van der Waals surface area contributed by atoms with Gasteiger partial charge in [-0.05, 0) is 36.4 Å². The Morgan fingerprint density at radius 2 is 1.78 bits per heavy atom. The van der Waals surface area contributed by atoms with Crippen molar-refractivity contribution in [3.8, 4) is 5.75 Å². The molecule has 0 aliphatic rings. The monoisotopic (exact) mass is 334 g/mol. The van der Waals surface area contributed by atoms with Gasteiger partial charge in [-0.1, -0.05) is 11.6 Å². The van der Waals surface area contributed by atoms with Crippen molar-refractivity contribution in [2.75, 3.05) is 20.2 Å². The van der Waals surface area contributed by atoms with E-state index >= 15 is 0 Å². The van der Waals surface area contributed by atoms with Crippen LogP contribution in [0.25, 0.3) is 0 Å². The number of nitro groups is 1. The largest absolute Gasteiger partial charge is 0.492 e. The molecule has 0 N–H and O–H groups in total. The molecule has 0 bridgehead atoms. The summed E-state index contributed by atoms with van der Waals surface area (Å²) >= 11 is 5.79. The lowest BCUT2D eigenvalue weighted by atomic mass is 10.2. The molecule has 0 aliphatic carbocycles. The average molecular weight is 335 g/mol. The van der Waals surface area contributed by atoms with Gasteiger partial charge in [0.15, 0.2) is 0 Å². The Balaban J connectivity index is 1.87. The summed E-state index contributed by atoms with van der Waals surface area (Å²) in [6.45, 7) is 0.718. The molecule has 7 heteroatoms. The van der Waals surface area contributed by atoms with Crippen molar-refractivity contribution in [1.82, 2.24) is 4.90 Å². The third-order valence-electron chi connectivity index (χ3n) is 3.18. The molecule has 1 amide bonds. The molecule has 0 unspecified atom stereocenters. The molecular formula is C16H15ClN2O4. The fraction of sp³-hybridized carbons (Fsp3) is 0.188. The maximum atomic E-state index is 12.2. The molecular weight excluding hydrogens is 320 g/mol. The molecule has 0 aliphatic heterocycles. The van der Waals surface area contributed by atoms with Crippen molar-refractivity contribution in [3.05, 3.63) is 69.2 Å². The molecule has 2 rings (SSSR count). The summed E-state index contributed by atoms with van der Waals surface area (Å²) in [5.41, 5.74) is 0.347. The molecule has 2 aromatic rings. The second-order valence-corrected chi connectivity index (χ2v) is 5.27. The Hall–Kier alpha value is -2.60. The number of hydrogen-bond donors (Lipinski definition) is 0. The van der Waals surface area contributed by atoms with Crippen LogP contribution in [-0.4, -0.2) is 35.9 Å². The van der Waals surface area contributed by atoms with Crippen LogP contribution in [0.1, 0.15) is 10.4 Å². The number of non-ortho nitro benzene ring substituents is 1. The molecule has 0 saturated heterocycles. The van der Waals surface area contributed by atoms with E-state index in [9.17, 15) is 14.9 Å². The lowest BCUT2D eigenvalue weighted by molar-refractivity contribution is -0.384. The smallest absolute Gasteiger partial charge is 0.269 e. The maximum absolute atomic E-state index is 12.2. The SMILES string of the molecule is CN(CCOc1ccc(Cl)cc1)C(=O)c1ccc([N+](=O)[O-])cc1. The molecule has 23 heavy (non-hydrogen) atoms. The highest BCUT2D eigenvalue weighted by molar-refractivity contribution is 6.30. The zero-order chi connectivity index (χ0) is 16.8. The molecule has 0 spiro atoms.